The Balaban J connectivity index is 2.03. The number of nitrogens with one attached hydrogen (secondary N) is 1. The summed E-state index contributed by atoms with van der Waals surface area (Å²) in [6, 6.07) is 12.3. The van der Waals surface area contributed by atoms with Crippen LogP contribution in [0.4, 0.5) is 5.69 Å². The SMILES string of the molecule is CC(Cc1ccsc1)Nc1ccccc1C#N. The molecule has 0 saturated heterocycles. The highest BCUT2D eigenvalue weighted by Gasteiger charge is 2.06. The molecule has 2 rings (SSSR count). The number of thiophene rings is 1. The Kier molecular flexibility index (Phi) is 3.79. The van der Waals surface area contributed by atoms with E-state index in [1.165, 1.54) is 5.56 Å². The van der Waals surface area contributed by atoms with E-state index in [0.717, 1.165) is 12.1 Å². The van der Waals surface area contributed by atoms with Crippen LogP contribution in [0.15, 0.2) is 41.1 Å². The Morgan fingerprint density at radius 2 is 2.18 bits per heavy atom. The normalized spacial score (nSPS) is 11.8. The molecule has 2 nitrogen and oxygen atoms in total. The van der Waals surface area contributed by atoms with Gasteiger partial charge in [-0.3, -0.25) is 0 Å². The summed E-state index contributed by atoms with van der Waals surface area (Å²) < 4.78 is 0. The highest BCUT2D eigenvalue weighted by atomic mass is 32.1. The molecule has 86 valence electrons. The minimum absolute atomic E-state index is 0.319. The molecule has 3 heteroatoms. The van der Waals surface area contributed by atoms with Crippen molar-refractivity contribution in [3.8, 4) is 6.07 Å². The molecule has 0 aliphatic carbocycles. The van der Waals surface area contributed by atoms with Crippen LogP contribution >= 0.6 is 11.3 Å². The number of para-hydroxylation sites is 1. The fraction of sp³-hybridized carbons (Fsp3) is 0.214. The summed E-state index contributed by atoms with van der Waals surface area (Å²) in [5, 5.41) is 16.6. The number of hydrogen-bond acceptors (Lipinski definition) is 3. The van der Waals surface area contributed by atoms with Crippen molar-refractivity contribution in [2.75, 3.05) is 5.32 Å². The van der Waals surface area contributed by atoms with Crippen molar-refractivity contribution in [1.29, 1.82) is 5.26 Å². The minimum Gasteiger partial charge on any atom is -0.381 e. The summed E-state index contributed by atoms with van der Waals surface area (Å²) in [6.45, 7) is 2.13. The van der Waals surface area contributed by atoms with Gasteiger partial charge in [-0.2, -0.15) is 16.6 Å². The fourth-order valence-electron chi connectivity index (χ4n) is 1.79. The van der Waals surface area contributed by atoms with Crippen LogP contribution < -0.4 is 5.32 Å². The van der Waals surface area contributed by atoms with Crippen molar-refractivity contribution in [3.63, 3.8) is 0 Å². The van der Waals surface area contributed by atoms with E-state index in [0.29, 0.717) is 11.6 Å². The van der Waals surface area contributed by atoms with Crippen LogP contribution in [0, 0.1) is 11.3 Å². The van der Waals surface area contributed by atoms with Crippen molar-refractivity contribution in [3.05, 3.63) is 52.2 Å². The van der Waals surface area contributed by atoms with Gasteiger partial charge in [-0.15, -0.1) is 0 Å². The number of benzene rings is 1. The second-order valence-electron chi connectivity index (χ2n) is 4.04. The third-order valence-corrected chi connectivity index (χ3v) is 3.30. The minimum atomic E-state index is 0.319. The van der Waals surface area contributed by atoms with Gasteiger partial charge >= 0.3 is 0 Å². The predicted molar refractivity (Wildman–Crippen MR) is 72.3 cm³/mol. The standard InChI is InChI=1S/C14H14N2S/c1-11(8-12-6-7-17-10-12)16-14-5-3-2-4-13(14)9-15/h2-7,10-11,16H,8H2,1H3. The molecule has 0 amide bonds. The first-order valence-electron chi connectivity index (χ1n) is 5.56. The molecule has 17 heavy (non-hydrogen) atoms. The van der Waals surface area contributed by atoms with Gasteiger partial charge in [0, 0.05) is 6.04 Å². The average molecular weight is 242 g/mol. The van der Waals surface area contributed by atoms with E-state index in [9.17, 15) is 0 Å². The number of nitriles is 1. The molecule has 1 aromatic heterocycles. The van der Waals surface area contributed by atoms with Crippen molar-refractivity contribution in [1.82, 2.24) is 0 Å². The average Bonchev–Trinajstić information content (AvgIpc) is 2.82. The van der Waals surface area contributed by atoms with E-state index >= 15 is 0 Å². The summed E-state index contributed by atoms with van der Waals surface area (Å²) in [5.74, 6) is 0. The van der Waals surface area contributed by atoms with Gasteiger partial charge < -0.3 is 5.32 Å². The van der Waals surface area contributed by atoms with Crippen LogP contribution in [-0.2, 0) is 6.42 Å². The topological polar surface area (TPSA) is 35.8 Å². The van der Waals surface area contributed by atoms with E-state index in [1.54, 1.807) is 11.3 Å². The Morgan fingerprint density at radius 3 is 2.88 bits per heavy atom. The van der Waals surface area contributed by atoms with Gasteiger partial charge in [-0.25, -0.2) is 0 Å². The summed E-state index contributed by atoms with van der Waals surface area (Å²) in [4.78, 5) is 0. The van der Waals surface area contributed by atoms with Crippen LogP contribution in [0.25, 0.3) is 0 Å². The molecular weight excluding hydrogens is 228 g/mol. The molecule has 0 aliphatic heterocycles. The van der Waals surface area contributed by atoms with Gasteiger partial charge in [-0.1, -0.05) is 12.1 Å². The summed E-state index contributed by atoms with van der Waals surface area (Å²) in [5.41, 5.74) is 2.95. The lowest BCUT2D eigenvalue weighted by molar-refractivity contribution is 0.792. The lowest BCUT2D eigenvalue weighted by atomic mass is 10.1. The molecule has 0 spiro atoms. The molecule has 0 radical (unpaired) electrons. The van der Waals surface area contributed by atoms with Crippen molar-refractivity contribution >= 4 is 17.0 Å². The Labute approximate surface area is 106 Å². The summed E-state index contributed by atoms with van der Waals surface area (Å²) >= 11 is 1.72. The molecule has 0 bridgehead atoms. The van der Waals surface area contributed by atoms with Crippen LogP contribution in [-0.4, -0.2) is 6.04 Å². The second kappa shape index (κ2) is 5.51. The van der Waals surface area contributed by atoms with Crippen LogP contribution in [0.5, 0.6) is 0 Å². The molecule has 0 fully saturated rings. The molecule has 1 N–H and O–H groups in total. The molecule has 1 unspecified atom stereocenters. The lowest BCUT2D eigenvalue weighted by Crippen LogP contribution is -2.18. The fourth-order valence-corrected chi connectivity index (χ4v) is 2.47. The van der Waals surface area contributed by atoms with E-state index in [4.69, 9.17) is 5.26 Å². The van der Waals surface area contributed by atoms with Crippen molar-refractivity contribution < 1.29 is 0 Å². The lowest BCUT2D eigenvalue weighted by Gasteiger charge is -2.15. The van der Waals surface area contributed by atoms with E-state index in [1.807, 2.05) is 24.3 Å². The third kappa shape index (κ3) is 3.08. The Bertz CT molecular complexity index is 511. The first kappa shape index (κ1) is 11.7. The first-order valence-corrected chi connectivity index (χ1v) is 6.50. The third-order valence-electron chi connectivity index (χ3n) is 2.57. The molecule has 1 aromatic carbocycles. The molecule has 0 aliphatic rings. The summed E-state index contributed by atoms with van der Waals surface area (Å²) in [7, 11) is 0. The van der Waals surface area contributed by atoms with Gasteiger partial charge in [0.15, 0.2) is 0 Å². The maximum absolute atomic E-state index is 9.00. The smallest absolute Gasteiger partial charge is 0.101 e. The number of anilines is 1. The maximum Gasteiger partial charge on any atom is 0.101 e. The van der Waals surface area contributed by atoms with Crippen LogP contribution in [0.1, 0.15) is 18.1 Å². The van der Waals surface area contributed by atoms with E-state index in [-0.39, 0.29) is 0 Å². The first-order chi connectivity index (χ1) is 8.29. The second-order valence-corrected chi connectivity index (χ2v) is 4.82. The molecular formula is C14H14N2S. The van der Waals surface area contributed by atoms with Gasteiger partial charge in [-0.05, 0) is 47.9 Å². The van der Waals surface area contributed by atoms with Gasteiger partial charge in [0.1, 0.15) is 6.07 Å². The molecule has 1 heterocycles. The Hall–Kier alpha value is -1.79. The monoisotopic (exact) mass is 242 g/mol. The van der Waals surface area contributed by atoms with Crippen molar-refractivity contribution in [2.24, 2.45) is 0 Å². The maximum atomic E-state index is 9.00. The van der Waals surface area contributed by atoms with E-state index < -0.39 is 0 Å². The highest BCUT2D eigenvalue weighted by molar-refractivity contribution is 7.07. The number of nitrogens with zero attached hydrogens (tertiary/aromatic N) is 1. The molecule has 2 aromatic rings. The number of hydrogen-bond donors (Lipinski definition) is 1. The summed E-state index contributed by atoms with van der Waals surface area (Å²) in [6.07, 6.45) is 0.975. The molecule has 1 atom stereocenters. The van der Waals surface area contributed by atoms with Crippen molar-refractivity contribution in [2.45, 2.75) is 19.4 Å². The zero-order chi connectivity index (χ0) is 12.1. The quantitative estimate of drug-likeness (QED) is 0.888. The Morgan fingerprint density at radius 1 is 1.35 bits per heavy atom. The predicted octanol–water partition coefficient (Wildman–Crippen LogP) is 3.66. The van der Waals surface area contributed by atoms with Crippen LogP contribution in [0.2, 0.25) is 0 Å². The van der Waals surface area contributed by atoms with Gasteiger partial charge in [0.05, 0.1) is 11.3 Å². The van der Waals surface area contributed by atoms with Gasteiger partial charge in [0.25, 0.3) is 0 Å². The highest BCUT2D eigenvalue weighted by Crippen LogP contribution is 2.16. The zero-order valence-electron chi connectivity index (χ0n) is 9.68. The largest absolute Gasteiger partial charge is 0.381 e. The zero-order valence-corrected chi connectivity index (χ0v) is 10.5. The van der Waals surface area contributed by atoms with E-state index in [2.05, 4.69) is 35.1 Å². The number of rotatable bonds is 4. The van der Waals surface area contributed by atoms with Gasteiger partial charge in [0.2, 0.25) is 0 Å². The van der Waals surface area contributed by atoms with Crippen LogP contribution in [0.3, 0.4) is 0 Å². The molecule has 0 saturated carbocycles.